The molecule has 1 aromatic carbocycles. The van der Waals surface area contributed by atoms with Crippen LogP contribution in [-0.4, -0.2) is 10.2 Å². The summed E-state index contributed by atoms with van der Waals surface area (Å²) in [6.45, 7) is 3.98. The van der Waals surface area contributed by atoms with Crippen LogP contribution in [0.5, 0.6) is 0 Å². The van der Waals surface area contributed by atoms with Gasteiger partial charge >= 0.3 is 0 Å². The Morgan fingerprint density at radius 3 is 2.56 bits per heavy atom. The van der Waals surface area contributed by atoms with Gasteiger partial charge in [0.25, 0.3) is 0 Å². The van der Waals surface area contributed by atoms with Crippen LogP contribution in [-0.2, 0) is 5.75 Å². The number of rotatable bonds is 5. The van der Waals surface area contributed by atoms with Crippen molar-refractivity contribution in [3.8, 4) is 0 Å². The Bertz CT molecular complexity index is 498. The molecule has 0 fully saturated rings. The Balaban J connectivity index is 1.99. The third-order valence-electron chi connectivity index (χ3n) is 2.59. The number of halogens is 1. The molecule has 0 aliphatic carbocycles. The van der Waals surface area contributed by atoms with Crippen molar-refractivity contribution in [3.05, 3.63) is 46.6 Å². The lowest BCUT2D eigenvalue weighted by molar-refractivity contribution is 0.485. The Morgan fingerprint density at radius 1 is 1.28 bits per heavy atom. The van der Waals surface area contributed by atoms with Crippen LogP contribution < -0.4 is 0 Å². The molecule has 1 atom stereocenters. The molecule has 3 nitrogen and oxygen atoms in total. The fourth-order valence-corrected chi connectivity index (χ4v) is 2.87. The molecule has 1 aromatic heterocycles. The molecule has 0 unspecified atom stereocenters. The summed E-state index contributed by atoms with van der Waals surface area (Å²) < 4.78 is 5.37. The van der Waals surface area contributed by atoms with Crippen molar-refractivity contribution in [1.82, 2.24) is 10.2 Å². The van der Waals surface area contributed by atoms with E-state index in [1.54, 1.807) is 6.92 Å². The molecule has 0 saturated carbocycles. The molecule has 2 aromatic rings. The second-order valence-corrected chi connectivity index (χ2v) is 5.60. The lowest BCUT2D eigenvalue weighted by Crippen LogP contribution is -1.93. The average molecular weight is 283 g/mol. The summed E-state index contributed by atoms with van der Waals surface area (Å²) in [4.78, 5) is 0. The predicted molar refractivity (Wildman–Crippen MR) is 74.8 cm³/mol. The second-order valence-electron chi connectivity index (χ2n) is 3.97. The van der Waals surface area contributed by atoms with Crippen molar-refractivity contribution in [2.24, 2.45) is 0 Å². The number of thioether (sulfide) groups is 1. The van der Waals surface area contributed by atoms with Crippen molar-refractivity contribution < 1.29 is 4.42 Å². The van der Waals surface area contributed by atoms with Crippen molar-refractivity contribution in [2.45, 2.75) is 31.3 Å². The minimum Gasteiger partial charge on any atom is -0.425 e. The quantitative estimate of drug-likeness (QED) is 0.814. The summed E-state index contributed by atoms with van der Waals surface area (Å²) in [6.07, 6.45) is 1.05. The van der Waals surface area contributed by atoms with Crippen molar-refractivity contribution in [2.75, 3.05) is 0 Å². The van der Waals surface area contributed by atoms with E-state index in [0.717, 1.165) is 17.2 Å². The highest BCUT2D eigenvalue weighted by Crippen LogP contribution is 2.34. The van der Waals surface area contributed by atoms with Gasteiger partial charge in [-0.2, -0.15) is 0 Å². The summed E-state index contributed by atoms with van der Waals surface area (Å²) in [5, 5.41) is 9.02. The summed E-state index contributed by atoms with van der Waals surface area (Å²) in [5.74, 6) is 2.04. The Hall–Kier alpha value is -1.00. The molecule has 96 valence electrons. The summed E-state index contributed by atoms with van der Waals surface area (Å²) in [6, 6.07) is 8.00. The minimum atomic E-state index is 0.425. The number of hydrogen-bond acceptors (Lipinski definition) is 4. The topological polar surface area (TPSA) is 38.9 Å². The van der Waals surface area contributed by atoms with Crippen LogP contribution in [0.4, 0.5) is 0 Å². The molecular formula is C13H15ClN2OS. The summed E-state index contributed by atoms with van der Waals surface area (Å²) >= 11 is 7.70. The Morgan fingerprint density at radius 2 is 2.00 bits per heavy atom. The standard InChI is InChI=1S/C13H15ClN2OS/c1-3-12(10-4-6-11(14)7-5-10)18-8-13-16-15-9(2)17-13/h4-7,12H,3,8H2,1-2H3/t12-/m0/s1. The van der Waals surface area contributed by atoms with Gasteiger partial charge in [0.2, 0.25) is 11.8 Å². The average Bonchev–Trinajstić information content (AvgIpc) is 2.78. The van der Waals surface area contributed by atoms with Crippen LogP contribution >= 0.6 is 23.4 Å². The highest BCUT2D eigenvalue weighted by atomic mass is 35.5. The van der Waals surface area contributed by atoms with E-state index in [4.69, 9.17) is 16.0 Å². The lowest BCUT2D eigenvalue weighted by Gasteiger charge is -2.13. The SMILES string of the molecule is CC[C@H](SCc1nnc(C)o1)c1ccc(Cl)cc1. The van der Waals surface area contributed by atoms with Gasteiger partial charge in [0.1, 0.15) is 0 Å². The van der Waals surface area contributed by atoms with E-state index in [2.05, 4.69) is 29.3 Å². The van der Waals surface area contributed by atoms with E-state index >= 15 is 0 Å². The molecule has 1 heterocycles. The third kappa shape index (κ3) is 3.50. The molecule has 0 spiro atoms. The predicted octanol–water partition coefficient (Wildman–Crippen LogP) is 4.42. The highest BCUT2D eigenvalue weighted by Gasteiger charge is 2.12. The van der Waals surface area contributed by atoms with E-state index in [0.29, 0.717) is 17.0 Å². The summed E-state index contributed by atoms with van der Waals surface area (Å²) in [7, 11) is 0. The molecule has 0 N–H and O–H groups in total. The minimum absolute atomic E-state index is 0.425. The molecule has 0 bridgehead atoms. The molecule has 0 saturated heterocycles. The Labute approximate surface area is 116 Å². The van der Waals surface area contributed by atoms with Crippen molar-refractivity contribution in [3.63, 3.8) is 0 Å². The van der Waals surface area contributed by atoms with Crippen molar-refractivity contribution in [1.29, 1.82) is 0 Å². The monoisotopic (exact) mass is 282 g/mol. The van der Waals surface area contributed by atoms with E-state index < -0.39 is 0 Å². The van der Waals surface area contributed by atoms with E-state index in [1.807, 2.05) is 23.9 Å². The fourth-order valence-electron chi connectivity index (χ4n) is 1.69. The molecule has 18 heavy (non-hydrogen) atoms. The van der Waals surface area contributed by atoms with Gasteiger partial charge in [-0.1, -0.05) is 30.7 Å². The molecular weight excluding hydrogens is 268 g/mol. The zero-order valence-corrected chi connectivity index (χ0v) is 12.0. The van der Waals surface area contributed by atoms with Crippen LogP contribution in [0.2, 0.25) is 5.02 Å². The van der Waals surface area contributed by atoms with E-state index in [-0.39, 0.29) is 0 Å². The molecule has 0 aliphatic heterocycles. The molecule has 5 heteroatoms. The maximum absolute atomic E-state index is 5.90. The highest BCUT2D eigenvalue weighted by molar-refractivity contribution is 7.98. The van der Waals surface area contributed by atoms with Crippen molar-refractivity contribution >= 4 is 23.4 Å². The van der Waals surface area contributed by atoms with Gasteiger partial charge < -0.3 is 4.42 Å². The van der Waals surface area contributed by atoms with Gasteiger partial charge in [-0.3, -0.25) is 0 Å². The lowest BCUT2D eigenvalue weighted by atomic mass is 10.1. The second kappa shape index (κ2) is 6.25. The van der Waals surface area contributed by atoms with Gasteiger partial charge in [0, 0.05) is 17.2 Å². The van der Waals surface area contributed by atoms with Crippen LogP contribution in [0.1, 0.15) is 35.9 Å². The number of hydrogen-bond donors (Lipinski definition) is 0. The van der Waals surface area contributed by atoms with Crippen LogP contribution in [0.15, 0.2) is 28.7 Å². The fraction of sp³-hybridized carbons (Fsp3) is 0.385. The first-order valence-electron chi connectivity index (χ1n) is 5.85. The third-order valence-corrected chi connectivity index (χ3v) is 4.26. The zero-order valence-electron chi connectivity index (χ0n) is 10.4. The van der Waals surface area contributed by atoms with E-state index in [1.165, 1.54) is 5.56 Å². The number of nitrogens with zero attached hydrogens (tertiary/aromatic N) is 2. The smallest absolute Gasteiger partial charge is 0.226 e. The van der Waals surface area contributed by atoms with E-state index in [9.17, 15) is 0 Å². The first-order chi connectivity index (χ1) is 8.69. The molecule has 2 rings (SSSR count). The maximum Gasteiger partial charge on any atom is 0.226 e. The van der Waals surface area contributed by atoms with Gasteiger partial charge in [0.05, 0.1) is 5.75 Å². The number of aromatic nitrogens is 2. The maximum atomic E-state index is 5.90. The zero-order chi connectivity index (χ0) is 13.0. The van der Waals surface area contributed by atoms with Gasteiger partial charge in [0.15, 0.2) is 0 Å². The summed E-state index contributed by atoms with van der Waals surface area (Å²) in [5.41, 5.74) is 1.28. The molecule has 0 amide bonds. The van der Waals surface area contributed by atoms with Crippen LogP contribution in [0.3, 0.4) is 0 Å². The molecule has 0 aliphatic rings. The molecule has 0 radical (unpaired) electrons. The van der Waals surface area contributed by atoms with Gasteiger partial charge in [-0.15, -0.1) is 22.0 Å². The van der Waals surface area contributed by atoms with Gasteiger partial charge in [-0.05, 0) is 24.1 Å². The van der Waals surface area contributed by atoms with Gasteiger partial charge in [-0.25, -0.2) is 0 Å². The largest absolute Gasteiger partial charge is 0.425 e. The van der Waals surface area contributed by atoms with Crippen LogP contribution in [0.25, 0.3) is 0 Å². The first kappa shape index (κ1) is 13.4. The number of aryl methyl sites for hydroxylation is 1. The number of benzene rings is 1. The normalized spacial score (nSPS) is 12.6. The van der Waals surface area contributed by atoms with Crippen LogP contribution in [0, 0.1) is 6.92 Å². The first-order valence-corrected chi connectivity index (χ1v) is 7.27. The Kier molecular flexibility index (Phi) is 4.66.